The molecule has 4 unspecified atom stereocenters. The number of benzene rings is 2. The first kappa shape index (κ1) is 32.8. The molecule has 4 heterocycles. The summed E-state index contributed by atoms with van der Waals surface area (Å²) in [5.41, 5.74) is 5.87. The lowest BCUT2D eigenvalue weighted by Crippen LogP contribution is -2.34. The molecule has 2 aliphatic rings. The Labute approximate surface area is 288 Å². The normalized spacial score (nSPS) is 20.6. The molecule has 252 valence electrons. The van der Waals surface area contributed by atoms with E-state index in [-0.39, 0.29) is 17.7 Å². The number of fused-ring (bicyclic) bond motifs is 1. The fourth-order valence-corrected chi connectivity index (χ4v) is 7.72. The number of likely N-dealkylation sites (tertiary alicyclic amines) is 1. The zero-order chi connectivity index (χ0) is 33.6. The molecule has 7 rings (SSSR count). The molecule has 5 aromatic rings. The van der Waals surface area contributed by atoms with Gasteiger partial charge in [0.25, 0.3) is 0 Å². The molecule has 9 nitrogen and oxygen atoms in total. The van der Waals surface area contributed by atoms with Crippen LogP contribution in [-0.2, 0) is 16.0 Å². The molecule has 3 aromatic heterocycles. The maximum absolute atomic E-state index is 13.5. The SMILES string of the molecule is CC(C(=O)CN1CCC(C(=O)Nc2ccc3[nH]nc(-c4ccncc4)c3c2)C1)C1CCCC(CCc2ccc(-c3ncccn3)cc2)CC1. The summed E-state index contributed by atoms with van der Waals surface area (Å²) in [6.07, 6.45) is 16.0. The van der Waals surface area contributed by atoms with Crippen molar-refractivity contribution in [2.45, 2.75) is 58.3 Å². The number of H-pyrrole nitrogens is 1. The summed E-state index contributed by atoms with van der Waals surface area (Å²) in [5.74, 6) is 2.16. The minimum Gasteiger partial charge on any atom is -0.326 e. The van der Waals surface area contributed by atoms with Gasteiger partial charge in [0.2, 0.25) is 5.91 Å². The number of Topliss-reactive ketones (excluding diaryl/α,β-unsaturated/α-hetero) is 1. The van der Waals surface area contributed by atoms with E-state index in [1.807, 2.05) is 36.4 Å². The number of nitrogens with one attached hydrogen (secondary N) is 2. The molecular formula is C40H45N7O2. The lowest BCUT2D eigenvalue weighted by Gasteiger charge is -2.24. The molecule has 2 fully saturated rings. The minimum atomic E-state index is -0.135. The number of aromatic nitrogens is 5. The lowest BCUT2D eigenvalue weighted by atomic mass is 9.84. The van der Waals surface area contributed by atoms with Crippen LogP contribution in [0, 0.1) is 23.7 Å². The Balaban J connectivity index is 0.860. The molecule has 1 saturated carbocycles. The Bertz CT molecular complexity index is 1860. The molecular weight excluding hydrogens is 610 g/mol. The first-order valence-corrected chi connectivity index (χ1v) is 17.8. The van der Waals surface area contributed by atoms with Crippen LogP contribution in [0.25, 0.3) is 33.5 Å². The Kier molecular flexibility index (Phi) is 10.2. The van der Waals surface area contributed by atoms with E-state index in [9.17, 15) is 9.59 Å². The molecule has 9 heteroatoms. The van der Waals surface area contributed by atoms with Crippen molar-refractivity contribution in [1.82, 2.24) is 30.0 Å². The predicted molar refractivity (Wildman–Crippen MR) is 193 cm³/mol. The number of carbonyl (C=O) groups excluding carboxylic acids is 2. The molecule has 2 N–H and O–H groups in total. The second-order valence-electron chi connectivity index (χ2n) is 14.0. The van der Waals surface area contributed by atoms with Crippen LogP contribution in [0.2, 0.25) is 0 Å². The van der Waals surface area contributed by atoms with Crippen molar-refractivity contribution in [3.8, 4) is 22.6 Å². The molecule has 1 aliphatic heterocycles. The second kappa shape index (κ2) is 15.2. The summed E-state index contributed by atoms with van der Waals surface area (Å²) in [6, 6.07) is 20.2. The molecule has 1 saturated heterocycles. The highest BCUT2D eigenvalue weighted by molar-refractivity contribution is 5.99. The Morgan fingerprint density at radius 1 is 0.918 bits per heavy atom. The molecule has 49 heavy (non-hydrogen) atoms. The van der Waals surface area contributed by atoms with Crippen LogP contribution in [-0.4, -0.2) is 61.4 Å². The Morgan fingerprint density at radius 2 is 1.73 bits per heavy atom. The maximum Gasteiger partial charge on any atom is 0.228 e. The van der Waals surface area contributed by atoms with Crippen LogP contribution in [0.1, 0.15) is 57.4 Å². The fraction of sp³-hybridized carbons (Fsp3) is 0.400. The van der Waals surface area contributed by atoms with E-state index in [4.69, 9.17) is 0 Å². The smallest absolute Gasteiger partial charge is 0.228 e. The number of hydrogen-bond acceptors (Lipinski definition) is 7. The number of amides is 1. The van der Waals surface area contributed by atoms with Gasteiger partial charge in [-0.05, 0) is 92.4 Å². The van der Waals surface area contributed by atoms with Gasteiger partial charge in [0.1, 0.15) is 11.5 Å². The summed E-state index contributed by atoms with van der Waals surface area (Å²) in [4.78, 5) is 41.8. The summed E-state index contributed by atoms with van der Waals surface area (Å²) >= 11 is 0. The van der Waals surface area contributed by atoms with E-state index in [2.05, 4.69) is 66.6 Å². The van der Waals surface area contributed by atoms with Gasteiger partial charge in [-0.3, -0.25) is 24.6 Å². The molecule has 2 aromatic carbocycles. The van der Waals surface area contributed by atoms with Gasteiger partial charge in [-0.1, -0.05) is 50.5 Å². The predicted octanol–water partition coefficient (Wildman–Crippen LogP) is 7.38. The summed E-state index contributed by atoms with van der Waals surface area (Å²) in [6.45, 7) is 3.96. The minimum absolute atomic E-state index is 0.00673. The van der Waals surface area contributed by atoms with E-state index in [0.29, 0.717) is 30.7 Å². The standard InChI is InChI=1S/C40H45N7O2/c1-27(30-5-2-4-28(8-11-30)6-7-29-9-12-32(13-10-29)39-42-19-3-20-43-39)37(48)26-47-23-18-33(25-47)40(49)44-34-14-15-36-35(24-34)38(46-45-36)31-16-21-41-22-17-31/h3,9-10,12-17,19-22,24,27-28,30,33H,2,4-8,11,18,23,25-26H2,1H3,(H,44,49)(H,45,46). The molecule has 1 amide bonds. The summed E-state index contributed by atoms with van der Waals surface area (Å²) < 4.78 is 0. The number of nitrogens with zero attached hydrogens (tertiary/aromatic N) is 5. The van der Waals surface area contributed by atoms with Crippen molar-refractivity contribution < 1.29 is 9.59 Å². The lowest BCUT2D eigenvalue weighted by molar-refractivity contribution is -0.125. The van der Waals surface area contributed by atoms with Crippen LogP contribution in [0.4, 0.5) is 5.69 Å². The first-order chi connectivity index (χ1) is 24.0. The van der Waals surface area contributed by atoms with Gasteiger partial charge in [-0.2, -0.15) is 5.10 Å². The van der Waals surface area contributed by atoms with Crippen molar-refractivity contribution in [1.29, 1.82) is 0 Å². The van der Waals surface area contributed by atoms with Crippen molar-refractivity contribution in [3.05, 3.63) is 91.0 Å². The number of hydrogen-bond donors (Lipinski definition) is 2. The number of aryl methyl sites for hydroxylation is 1. The van der Waals surface area contributed by atoms with Crippen LogP contribution < -0.4 is 5.32 Å². The number of ketones is 1. The highest BCUT2D eigenvalue weighted by Gasteiger charge is 2.32. The number of carbonyl (C=O) groups is 2. The number of aromatic amines is 1. The van der Waals surface area contributed by atoms with Crippen molar-refractivity contribution in [2.75, 3.05) is 25.0 Å². The zero-order valence-electron chi connectivity index (χ0n) is 28.2. The summed E-state index contributed by atoms with van der Waals surface area (Å²) in [7, 11) is 0. The van der Waals surface area contributed by atoms with Crippen molar-refractivity contribution >= 4 is 28.3 Å². The van der Waals surface area contributed by atoms with Gasteiger partial charge >= 0.3 is 0 Å². The highest BCUT2D eigenvalue weighted by Crippen LogP contribution is 2.35. The third-order valence-corrected chi connectivity index (χ3v) is 10.8. The first-order valence-electron chi connectivity index (χ1n) is 17.8. The van der Waals surface area contributed by atoms with Gasteiger partial charge in [-0.15, -0.1) is 0 Å². The second-order valence-corrected chi connectivity index (χ2v) is 14.0. The van der Waals surface area contributed by atoms with E-state index >= 15 is 0 Å². The largest absolute Gasteiger partial charge is 0.326 e. The van der Waals surface area contributed by atoms with Gasteiger partial charge < -0.3 is 5.32 Å². The third-order valence-electron chi connectivity index (χ3n) is 10.8. The van der Waals surface area contributed by atoms with Crippen LogP contribution in [0.5, 0.6) is 0 Å². The van der Waals surface area contributed by atoms with Gasteiger partial charge in [0.15, 0.2) is 5.82 Å². The van der Waals surface area contributed by atoms with Crippen molar-refractivity contribution in [2.24, 2.45) is 23.7 Å². The van der Waals surface area contributed by atoms with Gasteiger partial charge in [0.05, 0.1) is 18.0 Å². The number of pyridine rings is 1. The molecule has 0 bridgehead atoms. The van der Waals surface area contributed by atoms with Crippen molar-refractivity contribution in [3.63, 3.8) is 0 Å². The van der Waals surface area contributed by atoms with Gasteiger partial charge in [-0.25, -0.2) is 9.97 Å². The maximum atomic E-state index is 13.5. The van der Waals surface area contributed by atoms with E-state index < -0.39 is 0 Å². The monoisotopic (exact) mass is 655 g/mol. The average Bonchev–Trinajstić information content (AvgIpc) is 3.72. The molecule has 0 spiro atoms. The molecule has 0 radical (unpaired) electrons. The Hall–Kier alpha value is -4.76. The van der Waals surface area contributed by atoms with E-state index in [0.717, 1.165) is 71.5 Å². The van der Waals surface area contributed by atoms with Crippen LogP contribution in [0.3, 0.4) is 0 Å². The highest BCUT2D eigenvalue weighted by atomic mass is 16.2. The Morgan fingerprint density at radius 3 is 2.55 bits per heavy atom. The average molecular weight is 656 g/mol. The molecule has 1 aliphatic carbocycles. The fourth-order valence-electron chi connectivity index (χ4n) is 7.72. The topological polar surface area (TPSA) is 117 Å². The van der Waals surface area contributed by atoms with Crippen LogP contribution >= 0.6 is 0 Å². The number of anilines is 1. The zero-order valence-corrected chi connectivity index (χ0v) is 28.2. The van der Waals surface area contributed by atoms with Crippen LogP contribution in [0.15, 0.2) is 85.5 Å². The number of rotatable bonds is 11. The third kappa shape index (κ3) is 7.94. The molecule has 4 atom stereocenters. The summed E-state index contributed by atoms with van der Waals surface area (Å²) in [5, 5.41) is 11.6. The van der Waals surface area contributed by atoms with E-state index in [1.165, 1.54) is 31.2 Å². The van der Waals surface area contributed by atoms with E-state index in [1.54, 1.807) is 24.8 Å². The van der Waals surface area contributed by atoms with Gasteiger partial charge in [0, 0.05) is 59.5 Å². The quantitative estimate of drug-likeness (QED) is 0.143.